The topological polar surface area (TPSA) is 120 Å². The number of pyridine rings is 1. The van der Waals surface area contributed by atoms with E-state index in [9.17, 15) is 15.0 Å². The Morgan fingerprint density at radius 1 is 1.32 bits per heavy atom. The van der Waals surface area contributed by atoms with Gasteiger partial charge in [-0.05, 0) is 24.5 Å². The smallest absolute Gasteiger partial charge is 0.357 e. The zero-order valence-electron chi connectivity index (χ0n) is 12.1. The Kier molecular flexibility index (Phi) is 7.69. The first-order valence-corrected chi connectivity index (χ1v) is 6.87. The van der Waals surface area contributed by atoms with Gasteiger partial charge in [0.05, 0.1) is 6.61 Å². The van der Waals surface area contributed by atoms with Gasteiger partial charge in [-0.15, -0.1) is 6.58 Å². The summed E-state index contributed by atoms with van der Waals surface area (Å²) in [5.41, 5.74) is 1.03. The van der Waals surface area contributed by atoms with E-state index < -0.39 is 37.5 Å². The van der Waals surface area contributed by atoms with E-state index in [0.717, 1.165) is 18.4 Å². The molecule has 7 nitrogen and oxygen atoms in total. The summed E-state index contributed by atoms with van der Waals surface area (Å²) in [4.78, 5) is 15.7. The van der Waals surface area contributed by atoms with E-state index >= 15 is 0 Å². The van der Waals surface area contributed by atoms with Crippen LogP contribution >= 0.6 is 0 Å². The minimum atomic E-state index is -1.60. The monoisotopic (exact) mass is 311 g/mol. The Labute approximate surface area is 128 Å². The van der Waals surface area contributed by atoms with Crippen molar-refractivity contribution in [1.29, 1.82) is 0 Å². The zero-order chi connectivity index (χ0) is 16.5. The largest absolute Gasteiger partial charge is 0.458 e. The van der Waals surface area contributed by atoms with E-state index in [1.165, 1.54) is 6.07 Å². The Bertz CT molecular complexity index is 475. The molecule has 0 aliphatic heterocycles. The first-order chi connectivity index (χ1) is 10.5. The SMILES string of the molecule is C=CCCc1ccc(C(=O)OC[C@@H](O)[C@H](O)[C@H](O)CO)nc1. The minimum absolute atomic E-state index is 0.0757. The number of esters is 1. The molecule has 0 amide bonds. The highest BCUT2D eigenvalue weighted by atomic mass is 16.5. The first-order valence-electron chi connectivity index (χ1n) is 6.87. The maximum atomic E-state index is 11.7. The third kappa shape index (κ3) is 5.53. The number of aliphatic hydroxyl groups is 4. The number of nitrogens with zero attached hydrogens (tertiary/aromatic N) is 1. The van der Waals surface area contributed by atoms with Crippen LogP contribution in [-0.2, 0) is 11.2 Å². The second-order valence-corrected chi connectivity index (χ2v) is 4.79. The number of hydrogen-bond acceptors (Lipinski definition) is 7. The van der Waals surface area contributed by atoms with Crippen molar-refractivity contribution in [1.82, 2.24) is 4.98 Å². The predicted molar refractivity (Wildman–Crippen MR) is 78.1 cm³/mol. The molecule has 0 fully saturated rings. The lowest BCUT2D eigenvalue weighted by molar-refractivity contribution is -0.0926. The molecule has 0 aliphatic rings. The van der Waals surface area contributed by atoms with Crippen molar-refractivity contribution in [2.45, 2.75) is 31.2 Å². The second kappa shape index (κ2) is 9.26. The van der Waals surface area contributed by atoms with Crippen LogP contribution in [0.1, 0.15) is 22.5 Å². The number of hydrogen-bond donors (Lipinski definition) is 4. The van der Waals surface area contributed by atoms with Gasteiger partial charge in [-0.2, -0.15) is 0 Å². The van der Waals surface area contributed by atoms with Crippen LogP contribution in [0.25, 0.3) is 0 Å². The van der Waals surface area contributed by atoms with Crippen LogP contribution in [0, 0.1) is 0 Å². The number of carbonyl (C=O) groups excluding carboxylic acids is 1. The summed E-state index contributed by atoms with van der Waals surface area (Å²) in [5.74, 6) is -0.750. The lowest BCUT2D eigenvalue weighted by Crippen LogP contribution is -2.42. The molecule has 1 rings (SSSR count). The molecular weight excluding hydrogens is 290 g/mol. The van der Waals surface area contributed by atoms with E-state index in [0.29, 0.717) is 0 Å². The van der Waals surface area contributed by atoms with E-state index in [4.69, 9.17) is 14.9 Å². The predicted octanol–water partition coefficient (Wildman–Crippen LogP) is -0.568. The second-order valence-electron chi connectivity index (χ2n) is 4.79. The maximum Gasteiger partial charge on any atom is 0.357 e. The third-order valence-electron chi connectivity index (χ3n) is 3.03. The van der Waals surface area contributed by atoms with Crippen LogP contribution in [-0.4, -0.2) is 62.9 Å². The number of ether oxygens (including phenoxy) is 1. The Morgan fingerprint density at radius 3 is 2.59 bits per heavy atom. The molecular formula is C15H21NO6. The van der Waals surface area contributed by atoms with E-state index in [-0.39, 0.29) is 5.69 Å². The van der Waals surface area contributed by atoms with Crippen LogP contribution in [0.15, 0.2) is 31.0 Å². The molecule has 0 bridgehead atoms. The number of carbonyl (C=O) groups is 1. The van der Waals surface area contributed by atoms with E-state index in [1.807, 2.05) is 0 Å². The average molecular weight is 311 g/mol. The summed E-state index contributed by atoms with van der Waals surface area (Å²) in [7, 11) is 0. The summed E-state index contributed by atoms with van der Waals surface area (Å²) >= 11 is 0. The van der Waals surface area contributed by atoms with Crippen LogP contribution in [0.2, 0.25) is 0 Å². The van der Waals surface area contributed by atoms with Crippen molar-refractivity contribution >= 4 is 5.97 Å². The van der Waals surface area contributed by atoms with Crippen molar-refractivity contribution in [2.24, 2.45) is 0 Å². The Morgan fingerprint density at radius 2 is 2.05 bits per heavy atom. The molecule has 1 aromatic heterocycles. The molecule has 1 heterocycles. The van der Waals surface area contributed by atoms with Crippen molar-refractivity contribution in [2.75, 3.05) is 13.2 Å². The standard InChI is InChI=1S/C15H21NO6/c1-2-3-4-10-5-6-11(16-7-10)15(21)22-9-13(19)14(20)12(18)8-17/h2,5-7,12-14,17-20H,1,3-4,8-9H2/t12-,13-,14-/m1/s1. The summed E-state index contributed by atoms with van der Waals surface area (Å²) < 4.78 is 4.81. The fourth-order valence-electron chi connectivity index (χ4n) is 1.66. The quantitative estimate of drug-likeness (QED) is 0.356. The van der Waals surface area contributed by atoms with Gasteiger partial charge in [-0.25, -0.2) is 9.78 Å². The first kappa shape index (κ1) is 18.2. The lowest BCUT2D eigenvalue weighted by atomic mass is 10.1. The fraction of sp³-hybridized carbons (Fsp3) is 0.467. The summed E-state index contributed by atoms with van der Waals surface area (Å²) in [6, 6.07) is 3.25. The zero-order valence-corrected chi connectivity index (χ0v) is 12.1. The van der Waals surface area contributed by atoms with Crippen molar-refractivity contribution in [3.63, 3.8) is 0 Å². The highest BCUT2D eigenvalue weighted by molar-refractivity contribution is 5.87. The van der Waals surface area contributed by atoms with Gasteiger partial charge in [0.1, 0.15) is 30.6 Å². The number of aryl methyl sites for hydroxylation is 1. The van der Waals surface area contributed by atoms with Gasteiger partial charge in [0.2, 0.25) is 0 Å². The molecule has 4 N–H and O–H groups in total. The van der Waals surface area contributed by atoms with Crippen molar-refractivity contribution < 1.29 is 30.0 Å². The Hall–Kier alpha value is -1.80. The molecule has 0 aliphatic carbocycles. The molecule has 0 unspecified atom stereocenters. The van der Waals surface area contributed by atoms with Crippen LogP contribution in [0.4, 0.5) is 0 Å². The molecule has 122 valence electrons. The van der Waals surface area contributed by atoms with Gasteiger partial charge in [-0.1, -0.05) is 12.1 Å². The molecule has 0 saturated carbocycles. The van der Waals surface area contributed by atoms with E-state index in [1.54, 1.807) is 18.3 Å². The minimum Gasteiger partial charge on any atom is -0.458 e. The number of rotatable bonds is 9. The summed E-state index contributed by atoms with van der Waals surface area (Å²) in [5, 5.41) is 36.8. The molecule has 0 saturated heterocycles. The average Bonchev–Trinajstić information content (AvgIpc) is 2.56. The van der Waals surface area contributed by atoms with Gasteiger partial charge in [0.15, 0.2) is 0 Å². The van der Waals surface area contributed by atoms with Gasteiger partial charge < -0.3 is 25.2 Å². The van der Waals surface area contributed by atoms with Gasteiger partial charge in [0.25, 0.3) is 0 Å². The number of allylic oxidation sites excluding steroid dienone is 1. The van der Waals surface area contributed by atoms with Crippen LogP contribution in [0.3, 0.4) is 0 Å². The highest BCUT2D eigenvalue weighted by Gasteiger charge is 2.25. The lowest BCUT2D eigenvalue weighted by Gasteiger charge is -2.21. The highest BCUT2D eigenvalue weighted by Crippen LogP contribution is 2.06. The third-order valence-corrected chi connectivity index (χ3v) is 3.03. The van der Waals surface area contributed by atoms with Gasteiger partial charge >= 0.3 is 5.97 Å². The summed E-state index contributed by atoms with van der Waals surface area (Å²) in [6.45, 7) is 2.40. The number of aromatic nitrogens is 1. The van der Waals surface area contributed by atoms with Crippen molar-refractivity contribution in [3.05, 3.63) is 42.2 Å². The molecule has 0 radical (unpaired) electrons. The Balaban J connectivity index is 2.49. The van der Waals surface area contributed by atoms with Gasteiger partial charge in [0, 0.05) is 6.20 Å². The number of aliphatic hydroxyl groups excluding tert-OH is 4. The van der Waals surface area contributed by atoms with Crippen LogP contribution in [0.5, 0.6) is 0 Å². The molecule has 0 aromatic carbocycles. The van der Waals surface area contributed by atoms with E-state index in [2.05, 4.69) is 11.6 Å². The van der Waals surface area contributed by atoms with Crippen molar-refractivity contribution in [3.8, 4) is 0 Å². The maximum absolute atomic E-state index is 11.7. The molecule has 0 spiro atoms. The molecule has 22 heavy (non-hydrogen) atoms. The molecule has 7 heteroatoms. The molecule has 1 aromatic rings. The summed E-state index contributed by atoms with van der Waals surface area (Å²) in [6.07, 6.45) is 0.315. The molecule has 3 atom stereocenters. The fourth-order valence-corrected chi connectivity index (χ4v) is 1.66. The normalized spacial score (nSPS) is 14.9. The van der Waals surface area contributed by atoms with Crippen LogP contribution < -0.4 is 0 Å². The van der Waals surface area contributed by atoms with Gasteiger partial charge in [-0.3, -0.25) is 0 Å².